The van der Waals surface area contributed by atoms with Crippen LogP contribution in [-0.4, -0.2) is 43.1 Å². The molecule has 0 aromatic heterocycles. The van der Waals surface area contributed by atoms with Crippen LogP contribution in [0.3, 0.4) is 0 Å². The molecule has 0 unspecified atom stereocenters. The molecule has 1 N–H and O–H groups in total. The van der Waals surface area contributed by atoms with E-state index >= 15 is 0 Å². The Hall–Kier alpha value is -1.55. The molecular formula is C13H20N2O2. The van der Waals surface area contributed by atoms with Gasteiger partial charge in [-0.2, -0.15) is 0 Å². The lowest BCUT2D eigenvalue weighted by atomic mass is 10.1. The van der Waals surface area contributed by atoms with E-state index in [4.69, 9.17) is 9.94 Å². The number of benzene rings is 1. The van der Waals surface area contributed by atoms with Gasteiger partial charge in [0.25, 0.3) is 0 Å². The van der Waals surface area contributed by atoms with Gasteiger partial charge >= 0.3 is 0 Å². The number of aryl methyl sites for hydroxylation is 1. The van der Waals surface area contributed by atoms with Gasteiger partial charge in [0.15, 0.2) is 0 Å². The summed E-state index contributed by atoms with van der Waals surface area (Å²) in [6, 6.07) is 5.85. The first-order valence-corrected chi connectivity index (χ1v) is 5.62. The van der Waals surface area contributed by atoms with E-state index in [1.807, 2.05) is 39.2 Å². The fourth-order valence-corrected chi connectivity index (χ4v) is 1.44. The Kier molecular flexibility index (Phi) is 4.97. The number of nitrogens with zero attached hydrogens (tertiary/aromatic N) is 2. The van der Waals surface area contributed by atoms with Crippen molar-refractivity contribution >= 4 is 5.71 Å². The second-order valence-electron chi connectivity index (χ2n) is 4.34. The number of oxime groups is 1. The molecule has 0 saturated carbocycles. The van der Waals surface area contributed by atoms with E-state index in [0.29, 0.717) is 12.3 Å². The van der Waals surface area contributed by atoms with Gasteiger partial charge in [0.1, 0.15) is 12.4 Å². The highest BCUT2D eigenvalue weighted by atomic mass is 16.5. The Labute approximate surface area is 103 Å². The van der Waals surface area contributed by atoms with E-state index in [-0.39, 0.29) is 0 Å². The molecule has 4 nitrogen and oxygen atoms in total. The lowest BCUT2D eigenvalue weighted by molar-refractivity contribution is 0.260. The van der Waals surface area contributed by atoms with Gasteiger partial charge < -0.3 is 14.8 Å². The smallest absolute Gasteiger partial charge is 0.128 e. The number of hydrogen-bond donors (Lipinski definition) is 1. The molecule has 17 heavy (non-hydrogen) atoms. The SMILES string of the molecule is CC(=NO)c1ccc(C)cc1OCCN(C)C. The second kappa shape index (κ2) is 6.25. The first kappa shape index (κ1) is 13.5. The monoisotopic (exact) mass is 236 g/mol. The molecule has 0 fully saturated rings. The van der Waals surface area contributed by atoms with Gasteiger partial charge in [-0.1, -0.05) is 11.2 Å². The summed E-state index contributed by atoms with van der Waals surface area (Å²) in [7, 11) is 4.00. The molecule has 0 aliphatic heterocycles. The Balaban J connectivity index is 2.84. The Morgan fingerprint density at radius 1 is 1.41 bits per heavy atom. The largest absolute Gasteiger partial charge is 0.492 e. The zero-order chi connectivity index (χ0) is 12.8. The number of rotatable bonds is 5. The molecule has 0 radical (unpaired) electrons. The fraction of sp³-hybridized carbons (Fsp3) is 0.462. The standard InChI is InChI=1S/C13H20N2O2/c1-10-5-6-12(11(2)14-16)13(9-10)17-8-7-15(3)4/h5-6,9,16H,7-8H2,1-4H3. The summed E-state index contributed by atoms with van der Waals surface area (Å²) in [5.41, 5.74) is 2.51. The van der Waals surface area contributed by atoms with Crippen LogP contribution in [-0.2, 0) is 0 Å². The molecule has 1 aromatic carbocycles. The Morgan fingerprint density at radius 2 is 2.12 bits per heavy atom. The molecule has 0 heterocycles. The van der Waals surface area contributed by atoms with Crippen LogP contribution in [0.1, 0.15) is 18.1 Å². The van der Waals surface area contributed by atoms with Crippen molar-refractivity contribution in [3.8, 4) is 5.75 Å². The average molecular weight is 236 g/mol. The maximum Gasteiger partial charge on any atom is 0.128 e. The van der Waals surface area contributed by atoms with Crippen LogP contribution in [0.15, 0.2) is 23.4 Å². The van der Waals surface area contributed by atoms with Crippen molar-refractivity contribution < 1.29 is 9.94 Å². The second-order valence-corrected chi connectivity index (χ2v) is 4.34. The topological polar surface area (TPSA) is 45.1 Å². The van der Waals surface area contributed by atoms with Crippen molar-refractivity contribution in [2.45, 2.75) is 13.8 Å². The van der Waals surface area contributed by atoms with E-state index in [1.54, 1.807) is 6.92 Å². The normalized spacial score (nSPS) is 11.9. The maximum atomic E-state index is 8.82. The van der Waals surface area contributed by atoms with Crippen LogP contribution in [0.2, 0.25) is 0 Å². The summed E-state index contributed by atoms with van der Waals surface area (Å²) in [4.78, 5) is 2.06. The number of hydrogen-bond acceptors (Lipinski definition) is 4. The fourth-order valence-electron chi connectivity index (χ4n) is 1.44. The molecule has 0 saturated heterocycles. The van der Waals surface area contributed by atoms with Crippen LogP contribution in [0.5, 0.6) is 5.75 Å². The first-order valence-electron chi connectivity index (χ1n) is 5.62. The van der Waals surface area contributed by atoms with Crippen LogP contribution < -0.4 is 4.74 Å². The molecule has 0 aliphatic rings. The highest BCUT2D eigenvalue weighted by Gasteiger charge is 2.07. The third-order valence-corrected chi connectivity index (χ3v) is 2.47. The summed E-state index contributed by atoms with van der Waals surface area (Å²) >= 11 is 0. The van der Waals surface area contributed by atoms with Crippen molar-refractivity contribution in [2.75, 3.05) is 27.2 Å². The molecule has 0 spiro atoms. The summed E-state index contributed by atoms with van der Waals surface area (Å²) in [6.07, 6.45) is 0. The van der Waals surface area contributed by atoms with Crippen LogP contribution >= 0.6 is 0 Å². The molecule has 0 amide bonds. The van der Waals surface area contributed by atoms with Gasteiger partial charge in [-0.15, -0.1) is 0 Å². The highest BCUT2D eigenvalue weighted by molar-refractivity contribution is 6.00. The summed E-state index contributed by atoms with van der Waals surface area (Å²) in [5, 5.41) is 12.0. The zero-order valence-electron chi connectivity index (χ0n) is 10.9. The number of likely N-dealkylation sites (N-methyl/N-ethyl adjacent to an activating group) is 1. The van der Waals surface area contributed by atoms with E-state index in [0.717, 1.165) is 23.4 Å². The zero-order valence-corrected chi connectivity index (χ0v) is 10.9. The predicted octanol–water partition coefficient (Wildman–Crippen LogP) is 2.13. The van der Waals surface area contributed by atoms with Crippen molar-refractivity contribution in [1.29, 1.82) is 0 Å². The van der Waals surface area contributed by atoms with Gasteiger partial charge in [-0.25, -0.2) is 0 Å². The third-order valence-electron chi connectivity index (χ3n) is 2.47. The van der Waals surface area contributed by atoms with E-state index < -0.39 is 0 Å². The molecule has 0 atom stereocenters. The highest BCUT2D eigenvalue weighted by Crippen LogP contribution is 2.21. The average Bonchev–Trinajstić information content (AvgIpc) is 2.28. The summed E-state index contributed by atoms with van der Waals surface area (Å²) < 4.78 is 5.72. The lowest BCUT2D eigenvalue weighted by Gasteiger charge is -2.14. The van der Waals surface area contributed by atoms with Crippen LogP contribution in [0, 0.1) is 6.92 Å². The van der Waals surface area contributed by atoms with Crippen LogP contribution in [0.25, 0.3) is 0 Å². The summed E-state index contributed by atoms with van der Waals surface area (Å²) in [5.74, 6) is 0.766. The van der Waals surface area contributed by atoms with E-state index in [1.165, 1.54) is 0 Å². The summed E-state index contributed by atoms with van der Waals surface area (Å²) in [6.45, 7) is 5.22. The van der Waals surface area contributed by atoms with Crippen molar-refractivity contribution in [2.24, 2.45) is 5.16 Å². The van der Waals surface area contributed by atoms with E-state index in [9.17, 15) is 0 Å². The van der Waals surface area contributed by atoms with Gasteiger partial charge in [0.2, 0.25) is 0 Å². The van der Waals surface area contributed by atoms with Gasteiger partial charge in [0, 0.05) is 12.1 Å². The Morgan fingerprint density at radius 3 is 2.71 bits per heavy atom. The number of ether oxygens (including phenoxy) is 1. The molecule has 1 aromatic rings. The maximum absolute atomic E-state index is 8.82. The lowest BCUT2D eigenvalue weighted by Crippen LogP contribution is -2.20. The van der Waals surface area contributed by atoms with Crippen LogP contribution in [0.4, 0.5) is 0 Å². The first-order chi connectivity index (χ1) is 8.04. The minimum atomic E-state index is 0.560. The Bertz CT molecular complexity index is 400. The quantitative estimate of drug-likeness (QED) is 0.484. The van der Waals surface area contributed by atoms with Crippen molar-refractivity contribution in [3.63, 3.8) is 0 Å². The molecule has 4 heteroatoms. The predicted molar refractivity (Wildman–Crippen MR) is 69.2 cm³/mol. The van der Waals surface area contributed by atoms with E-state index in [2.05, 4.69) is 10.1 Å². The van der Waals surface area contributed by atoms with Gasteiger partial charge in [0.05, 0.1) is 5.71 Å². The van der Waals surface area contributed by atoms with Gasteiger partial charge in [-0.05, 0) is 45.6 Å². The molecule has 0 aliphatic carbocycles. The van der Waals surface area contributed by atoms with Crippen molar-refractivity contribution in [1.82, 2.24) is 4.90 Å². The molecular weight excluding hydrogens is 216 g/mol. The third kappa shape index (κ3) is 4.07. The molecule has 94 valence electrons. The molecule has 0 bridgehead atoms. The van der Waals surface area contributed by atoms with Gasteiger partial charge in [-0.3, -0.25) is 0 Å². The minimum absolute atomic E-state index is 0.560. The minimum Gasteiger partial charge on any atom is -0.492 e. The molecule has 1 rings (SSSR count). The van der Waals surface area contributed by atoms with Crippen molar-refractivity contribution in [3.05, 3.63) is 29.3 Å².